The number of rotatable bonds is 9. The first-order valence-corrected chi connectivity index (χ1v) is 8.88. The minimum Gasteiger partial charge on any atom is -0.493 e. The Morgan fingerprint density at radius 3 is 2.46 bits per heavy atom. The molecular formula is C22H27NO3. The van der Waals surface area contributed by atoms with Gasteiger partial charge in [0.05, 0.1) is 19.3 Å². The van der Waals surface area contributed by atoms with Crippen molar-refractivity contribution in [3.05, 3.63) is 71.8 Å². The zero-order valence-corrected chi connectivity index (χ0v) is 15.4. The van der Waals surface area contributed by atoms with E-state index in [4.69, 9.17) is 15.2 Å². The third-order valence-electron chi connectivity index (χ3n) is 4.30. The Hall–Kier alpha value is -2.59. The summed E-state index contributed by atoms with van der Waals surface area (Å²) in [5.74, 6) is 0.836. The van der Waals surface area contributed by atoms with Crippen LogP contribution in [0.2, 0.25) is 0 Å². The topological polar surface area (TPSA) is 61.5 Å². The molecule has 2 atom stereocenters. The number of nitrogens with two attached hydrogens (primary N) is 1. The summed E-state index contributed by atoms with van der Waals surface area (Å²) in [7, 11) is 1.38. The third kappa shape index (κ3) is 6.37. The van der Waals surface area contributed by atoms with E-state index in [0.717, 1.165) is 24.2 Å². The summed E-state index contributed by atoms with van der Waals surface area (Å²) in [6, 6.07) is 17.2. The molecule has 0 heterocycles. The maximum Gasteiger partial charge on any atom is 0.337 e. The van der Waals surface area contributed by atoms with E-state index >= 15 is 0 Å². The van der Waals surface area contributed by atoms with E-state index in [2.05, 4.69) is 13.0 Å². The second-order valence-electron chi connectivity index (χ2n) is 6.36. The van der Waals surface area contributed by atoms with E-state index in [1.54, 1.807) is 12.1 Å². The smallest absolute Gasteiger partial charge is 0.337 e. The Morgan fingerprint density at radius 1 is 1.12 bits per heavy atom. The molecule has 0 fully saturated rings. The molecule has 0 unspecified atom stereocenters. The monoisotopic (exact) mass is 353 g/mol. The molecule has 0 saturated heterocycles. The molecule has 0 radical (unpaired) electrons. The zero-order chi connectivity index (χ0) is 18.8. The summed E-state index contributed by atoms with van der Waals surface area (Å²) in [6.07, 6.45) is 5.95. The fourth-order valence-corrected chi connectivity index (χ4v) is 2.51. The standard InChI is InChI=1S/C22H27NO3/c1-17(16-26-20-9-4-3-5-10-20)21(23)11-7-6-8-18-12-14-19(15-13-18)22(24)25-2/h3-6,8-10,12-15,17,21H,7,11,16,23H2,1-2H3/b8-6+/t17-,21-/m1/s1. The van der Waals surface area contributed by atoms with Gasteiger partial charge < -0.3 is 15.2 Å². The number of hydrogen-bond acceptors (Lipinski definition) is 4. The van der Waals surface area contributed by atoms with Gasteiger partial charge in [-0.15, -0.1) is 0 Å². The van der Waals surface area contributed by atoms with E-state index in [1.165, 1.54) is 7.11 Å². The molecule has 2 aromatic rings. The van der Waals surface area contributed by atoms with E-state index < -0.39 is 0 Å². The van der Waals surface area contributed by atoms with Crippen molar-refractivity contribution in [2.45, 2.75) is 25.8 Å². The van der Waals surface area contributed by atoms with Crippen LogP contribution in [-0.4, -0.2) is 25.7 Å². The average Bonchev–Trinajstić information content (AvgIpc) is 2.69. The molecule has 2 N–H and O–H groups in total. The van der Waals surface area contributed by atoms with Crippen molar-refractivity contribution in [2.75, 3.05) is 13.7 Å². The fourth-order valence-electron chi connectivity index (χ4n) is 2.51. The number of esters is 1. The van der Waals surface area contributed by atoms with Gasteiger partial charge in [-0.2, -0.15) is 0 Å². The van der Waals surface area contributed by atoms with Crippen molar-refractivity contribution in [3.8, 4) is 5.75 Å². The van der Waals surface area contributed by atoms with E-state index in [1.807, 2.05) is 48.5 Å². The number of allylic oxidation sites excluding steroid dienone is 1. The van der Waals surface area contributed by atoms with Gasteiger partial charge in [-0.25, -0.2) is 4.79 Å². The van der Waals surface area contributed by atoms with Crippen LogP contribution < -0.4 is 10.5 Å². The predicted octanol–water partition coefficient (Wildman–Crippen LogP) is 4.31. The van der Waals surface area contributed by atoms with Crippen LogP contribution in [0.3, 0.4) is 0 Å². The van der Waals surface area contributed by atoms with E-state index in [9.17, 15) is 4.79 Å². The lowest BCUT2D eigenvalue weighted by Crippen LogP contribution is -2.31. The highest BCUT2D eigenvalue weighted by Crippen LogP contribution is 2.14. The van der Waals surface area contributed by atoms with Crippen LogP contribution >= 0.6 is 0 Å². The molecule has 4 heteroatoms. The largest absolute Gasteiger partial charge is 0.493 e. The minimum atomic E-state index is -0.321. The molecule has 0 aliphatic heterocycles. The Balaban J connectivity index is 1.72. The van der Waals surface area contributed by atoms with Gasteiger partial charge in [0.1, 0.15) is 5.75 Å². The Kier molecular flexibility index (Phi) is 7.90. The predicted molar refractivity (Wildman–Crippen MR) is 105 cm³/mol. The van der Waals surface area contributed by atoms with Crippen molar-refractivity contribution in [3.63, 3.8) is 0 Å². The maximum absolute atomic E-state index is 11.4. The summed E-state index contributed by atoms with van der Waals surface area (Å²) in [4.78, 5) is 11.4. The summed E-state index contributed by atoms with van der Waals surface area (Å²) in [5.41, 5.74) is 7.87. The van der Waals surface area contributed by atoms with Gasteiger partial charge in [0.2, 0.25) is 0 Å². The Morgan fingerprint density at radius 2 is 1.81 bits per heavy atom. The fraction of sp³-hybridized carbons (Fsp3) is 0.318. The lowest BCUT2D eigenvalue weighted by atomic mass is 9.99. The molecule has 4 nitrogen and oxygen atoms in total. The number of carbonyl (C=O) groups excluding carboxylic acids is 1. The van der Waals surface area contributed by atoms with Crippen LogP contribution in [0.4, 0.5) is 0 Å². The normalized spacial score (nSPS) is 13.3. The van der Waals surface area contributed by atoms with Crippen molar-refractivity contribution < 1.29 is 14.3 Å². The quantitative estimate of drug-likeness (QED) is 0.683. The average molecular weight is 353 g/mol. The summed E-state index contributed by atoms with van der Waals surface area (Å²) in [6.45, 7) is 2.73. The molecule has 0 bridgehead atoms. The molecule has 0 spiro atoms. The number of para-hydroxylation sites is 1. The maximum atomic E-state index is 11.4. The lowest BCUT2D eigenvalue weighted by molar-refractivity contribution is 0.0600. The molecule has 0 aliphatic carbocycles. The first-order valence-electron chi connectivity index (χ1n) is 8.88. The highest BCUT2D eigenvalue weighted by atomic mass is 16.5. The van der Waals surface area contributed by atoms with Crippen LogP contribution in [0.1, 0.15) is 35.7 Å². The van der Waals surface area contributed by atoms with Crippen molar-refractivity contribution >= 4 is 12.0 Å². The number of methoxy groups -OCH3 is 1. The molecular weight excluding hydrogens is 326 g/mol. The van der Waals surface area contributed by atoms with Gasteiger partial charge >= 0.3 is 5.97 Å². The van der Waals surface area contributed by atoms with Crippen molar-refractivity contribution in [1.29, 1.82) is 0 Å². The molecule has 0 aromatic heterocycles. The van der Waals surface area contributed by atoms with Crippen molar-refractivity contribution in [2.24, 2.45) is 11.7 Å². The van der Waals surface area contributed by atoms with Crippen LogP contribution in [0, 0.1) is 5.92 Å². The summed E-state index contributed by atoms with van der Waals surface area (Å²) in [5, 5.41) is 0. The van der Waals surface area contributed by atoms with Crippen LogP contribution in [0.25, 0.3) is 6.08 Å². The first kappa shape index (κ1) is 19.7. The molecule has 0 aliphatic rings. The number of carbonyl (C=O) groups is 1. The third-order valence-corrected chi connectivity index (χ3v) is 4.30. The van der Waals surface area contributed by atoms with Gasteiger partial charge in [0, 0.05) is 12.0 Å². The highest BCUT2D eigenvalue weighted by molar-refractivity contribution is 5.89. The SMILES string of the molecule is COC(=O)c1ccc(/C=C/CC[C@@H](N)[C@H](C)COc2ccccc2)cc1. The highest BCUT2D eigenvalue weighted by Gasteiger charge is 2.12. The lowest BCUT2D eigenvalue weighted by Gasteiger charge is -2.19. The minimum absolute atomic E-state index is 0.0880. The van der Waals surface area contributed by atoms with Gasteiger partial charge in [-0.1, -0.05) is 49.4 Å². The Labute approximate surface area is 155 Å². The molecule has 2 aromatic carbocycles. The molecule has 0 amide bonds. The first-order chi connectivity index (χ1) is 12.6. The van der Waals surface area contributed by atoms with Crippen LogP contribution in [-0.2, 0) is 4.74 Å². The van der Waals surface area contributed by atoms with E-state index in [-0.39, 0.29) is 17.9 Å². The van der Waals surface area contributed by atoms with Crippen molar-refractivity contribution in [1.82, 2.24) is 0 Å². The van der Waals surface area contributed by atoms with Gasteiger partial charge in [0.15, 0.2) is 0 Å². The number of ether oxygens (including phenoxy) is 2. The second kappa shape index (κ2) is 10.4. The summed E-state index contributed by atoms with van der Waals surface area (Å²) >= 11 is 0. The van der Waals surface area contributed by atoms with Gasteiger partial charge in [0.25, 0.3) is 0 Å². The molecule has 0 saturated carbocycles. The van der Waals surface area contributed by atoms with Gasteiger partial charge in [-0.05, 0) is 42.7 Å². The van der Waals surface area contributed by atoms with E-state index in [0.29, 0.717) is 12.2 Å². The molecule has 2 rings (SSSR count). The molecule has 138 valence electrons. The Bertz CT molecular complexity index is 695. The molecule has 26 heavy (non-hydrogen) atoms. The van der Waals surface area contributed by atoms with Crippen LogP contribution in [0.15, 0.2) is 60.7 Å². The summed E-state index contributed by atoms with van der Waals surface area (Å²) < 4.78 is 10.5. The zero-order valence-electron chi connectivity index (χ0n) is 15.4. The van der Waals surface area contributed by atoms with Crippen LogP contribution in [0.5, 0.6) is 5.75 Å². The number of benzene rings is 2. The number of hydrogen-bond donors (Lipinski definition) is 1. The van der Waals surface area contributed by atoms with Gasteiger partial charge in [-0.3, -0.25) is 0 Å². The second-order valence-corrected chi connectivity index (χ2v) is 6.36.